The van der Waals surface area contributed by atoms with E-state index in [9.17, 15) is 9.59 Å². The Balaban J connectivity index is 2.26. The van der Waals surface area contributed by atoms with Gasteiger partial charge in [0.1, 0.15) is 0 Å². The minimum absolute atomic E-state index is 0.137. The number of hydrogen-bond acceptors (Lipinski definition) is 5. The normalized spacial score (nSPS) is 12.1. The minimum Gasteiger partial charge on any atom is -0.370 e. The van der Waals surface area contributed by atoms with Gasteiger partial charge in [0.25, 0.3) is 0 Å². The van der Waals surface area contributed by atoms with E-state index < -0.39 is 11.9 Å². The van der Waals surface area contributed by atoms with Crippen LogP contribution in [0.25, 0.3) is 0 Å². The third-order valence-electron chi connectivity index (χ3n) is 2.10. The van der Waals surface area contributed by atoms with Gasteiger partial charge in [-0.2, -0.15) is 0 Å². The average Bonchev–Trinajstić information content (AvgIpc) is 2.63. The molecule has 1 atom stereocenters. The SMILES string of the molecule is Cc1nc(CCNC(=O)C(N)CC(N)=O)cs1. The second-order valence-corrected chi connectivity index (χ2v) is 4.74. The molecule has 0 bridgehead atoms. The highest BCUT2D eigenvalue weighted by Crippen LogP contribution is 2.07. The van der Waals surface area contributed by atoms with Crippen LogP contribution in [0.5, 0.6) is 0 Å². The van der Waals surface area contributed by atoms with E-state index in [2.05, 4.69) is 10.3 Å². The number of aromatic nitrogens is 1. The van der Waals surface area contributed by atoms with E-state index in [4.69, 9.17) is 11.5 Å². The van der Waals surface area contributed by atoms with Crippen LogP contribution in [0.2, 0.25) is 0 Å². The zero-order valence-electron chi connectivity index (χ0n) is 9.60. The molecule has 1 rings (SSSR count). The van der Waals surface area contributed by atoms with E-state index in [-0.39, 0.29) is 12.3 Å². The first-order chi connectivity index (χ1) is 7.99. The number of thiazole rings is 1. The second kappa shape index (κ2) is 6.31. The number of hydrogen-bond donors (Lipinski definition) is 3. The number of nitrogens with two attached hydrogens (primary N) is 2. The third-order valence-corrected chi connectivity index (χ3v) is 2.93. The summed E-state index contributed by atoms with van der Waals surface area (Å²) in [6.07, 6.45) is 0.515. The second-order valence-electron chi connectivity index (χ2n) is 3.68. The number of carbonyl (C=O) groups is 2. The summed E-state index contributed by atoms with van der Waals surface area (Å²) in [5.74, 6) is -0.946. The quantitative estimate of drug-likeness (QED) is 0.625. The first-order valence-electron chi connectivity index (χ1n) is 5.21. The summed E-state index contributed by atoms with van der Waals surface area (Å²) in [5.41, 5.74) is 11.4. The van der Waals surface area contributed by atoms with Crippen molar-refractivity contribution < 1.29 is 9.59 Å². The summed E-state index contributed by atoms with van der Waals surface area (Å²) in [7, 11) is 0. The molecule has 0 spiro atoms. The first kappa shape index (κ1) is 13.6. The molecule has 1 aromatic rings. The van der Waals surface area contributed by atoms with Gasteiger partial charge in [-0.25, -0.2) is 4.98 Å². The fourth-order valence-electron chi connectivity index (χ4n) is 1.28. The Labute approximate surface area is 103 Å². The number of amides is 2. The van der Waals surface area contributed by atoms with Crippen molar-refractivity contribution in [3.63, 3.8) is 0 Å². The number of nitrogens with one attached hydrogen (secondary N) is 1. The number of carbonyl (C=O) groups excluding carboxylic acids is 2. The molecule has 1 aromatic heterocycles. The van der Waals surface area contributed by atoms with Gasteiger partial charge in [-0.05, 0) is 6.92 Å². The summed E-state index contributed by atoms with van der Waals surface area (Å²) in [6.45, 7) is 2.38. The zero-order chi connectivity index (χ0) is 12.8. The summed E-state index contributed by atoms with van der Waals surface area (Å²) in [5, 5.41) is 5.58. The molecule has 6 nitrogen and oxygen atoms in total. The predicted molar refractivity (Wildman–Crippen MR) is 65.4 cm³/mol. The smallest absolute Gasteiger partial charge is 0.237 e. The minimum atomic E-state index is -0.871. The molecule has 0 radical (unpaired) electrons. The molecule has 0 fully saturated rings. The van der Waals surface area contributed by atoms with Gasteiger partial charge in [0.05, 0.1) is 23.2 Å². The molecular weight excluding hydrogens is 240 g/mol. The summed E-state index contributed by atoms with van der Waals surface area (Å²) < 4.78 is 0. The van der Waals surface area contributed by atoms with Gasteiger partial charge < -0.3 is 16.8 Å². The van der Waals surface area contributed by atoms with Crippen molar-refractivity contribution in [2.24, 2.45) is 11.5 Å². The van der Waals surface area contributed by atoms with E-state index in [1.54, 1.807) is 11.3 Å². The Kier molecular flexibility index (Phi) is 5.05. The van der Waals surface area contributed by atoms with Crippen LogP contribution < -0.4 is 16.8 Å². The maximum Gasteiger partial charge on any atom is 0.237 e. The fraction of sp³-hybridized carbons (Fsp3) is 0.500. The lowest BCUT2D eigenvalue weighted by atomic mass is 10.2. The lowest BCUT2D eigenvalue weighted by molar-refractivity contribution is -0.126. The Hall–Kier alpha value is -1.47. The van der Waals surface area contributed by atoms with Crippen molar-refractivity contribution in [1.29, 1.82) is 0 Å². The van der Waals surface area contributed by atoms with Crippen LogP contribution in [-0.4, -0.2) is 29.4 Å². The number of aryl methyl sites for hydroxylation is 1. The molecule has 0 aliphatic rings. The maximum absolute atomic E-state index is 11.4. The van der Waals surface area contributed by atoms with Gasteiger partial charge in [-0.15, -0.1) is 11.3 Å². The molecule has 0 aromatic carbocycles. The van der Waals surface area contributed by atoms with Crippen molar-refractivity contribution in [3.05, 3.63) is 16.1 Å². The number of rotatable bonds is 6. The van der Waals surface area contributed by atoms with Gasteiger partial charge in [-0.1, -0.05) is 0 Å². The van der Waals surface area contributed by atoms with Crippen molar-refractivity contribution >= 4 is 23.2 Å². The van der Waals surface area contributed by atoms with Crippen LogP contribution >= 0.6 is 11.3 Å². The van der Waals surface area contributed by atoms with E-state index in [0.29, 0.717) is 13.0 Å². The molecule has 2 amide bonds. The molecule has 17 heavy (non-hydrogen) atoms. The molecular formula is C10H16N4O2S. The molecule has 0 saturated heterocycles. The Bertz CT molecular complexity index is 405. The Morgan fingerprint density at radius 1 is 1.59 bits per heavy atom. The highest BCUT2D eigenvalue weighted by atomic mass is 32.1. The van der Waals surface area contributed by atoms with E-state index in [1.165, 1.54) is 0 Å². The fourth-order valence-corrected chi connectivity index (χ4v) is 1.92. The van der Waals surface area contributed by atoms with Gasteiger partial charge in [0.15, 0.2) is 0 Å². The van der Waals surface area contributed by atoms with E-state index >= 15 is 0 Å². The van der Waals surface area contributed by atoms with Gasteiger partial charge in [-0.3, -0.25) is 9.59 Å². The zero-order valence-corrected chi connectivity index (χ0v) is 10.4. The van der Waals surface area contributed by atoms with Crippen molar-refractivity contribution in [1.82, 2.24) is 10.3 Å². The monoisotopic (exact) mass is 256 g/mol. The topological polar surface area (TPSA) is 111 Å². The van der Waals surface area contributed by atoms with E-state index in [0.717, 1.165) is 10.7 Å². The Morgan fingerprint density at radius 3 is 2.82 bits per heavy atom. The highest BCUT2D eigenvalue weighted by molar-refractivity contribution is 7.09. The summed E-state index contributed by atoms with van der Waals surface area (Å²) in [4.78, 5) is 26.2. The van der Waals surface area contributed by atoms with Crippen LogP contribution in [0, 0.1) is 6.92 Å². The van der Waals surface area contributed by atoms with Crippen LogP contribution in [-0.2, 0) is 16.0 Å². The van der Waals surface area contributed by atoms with Crippen molar-refractivity contribution in [3.8, 4) is 0 Å². The van der Waals surface area contributed by atoms with Crippen LogP contribution in [0.15, 0.2) is 5.38 Å². The Morgan fingerprint density at radius 2 is 2.29 bits per heavy atom. The van der Waals surface area contributed by atoms with Gasteiger partial charge in [0, 0.05) is 18.3 Å². The molecule has 1 unspecified atom stereocenters. The number of nitrogens with zero attached hydrogens (tertiary/aromatic N) is 1. The third kappa shape index (κ3) is 4.92. The van der Waals surface area contributed by atoms with Crippen LogP contribution in [0.3, 0.4) is 0 Å². The first-order valence-corrected chi connectivity index (χ1v) is 6.09. The largest absolute Gasteiger partial charge is 0.370 e. The standard InChI is InChI=1S/C10H16N4O2S/c1-6-14-7(5-17-6)2-3-13-10(16)8(11)4-9(12)15/h5,8H,2-4,11H2,1H3,(H2,12,15)(H,13,16). The number of primary amides is 1. The van der Waals surface area contributed by atoms with Crippen molar-refractivity contribution in [2.75, 3.05) is 6.54 Å². The van der Waals surface area contributed by atoms with Gasteiger partial charge in [0.2, 0.25) is 11.8 Å². The summed E-state index contributed by atoms with van der Waals surface area (Å²) in [6, 6.07) is -0.871. The molecule has 5 N–H and O–H groups in total. The van der Waals surface area contributed by atoms with Crippen LogP contribution in [0.1, 0.15) is 17.1 Å². The molecule has 7 heteroatoms. The predicted octanol–water partition coefficient (Wildman–Crippen LogP) is -0.687. The molecule has 0 aliphatic heterocycles. The van der Waals surface area contributed by atoms with Gasteiger partial charge >= 0.3 is 0 Å². The van der Waals surface area contributed by atoms with E-state index in [1.807, 2.05) is 12.3 Å². The molecule has 0 saturated carbocycles. The van der Waals surface area contributed by atoms with Crippen molar-refractivity contribution in [2.45, 2.75) is 25.8 Å². The molecule has 1 heterocycles. The maximum atomic E-state index is 11.4. The molecule has 94 valence electrons. The highest BCUT2D eigenvalue weighted by Gasteiger charge is 2.15. The molecule has 0 aliphatic carbocycles. The average molecular weight is 256 g/mol. The lowest BCUT2D eigenvalue weighted by Crippen LogP contribution is -2.43. The summed E-state index contributed by atoms with van der Waals surface area (Å²) >= 11 is 1.57. The lowest BCUT2D eigenvalue weighted by Gasteiger charge is -2.09. The van der Waals surface area contributed by atoms with Crippen LogP contribution in [0.4, 0.5) is 0 Å².